The summed E-state index contributed by atoms with van der Waals surface area (Å²) in [5.41, 5.74) is 2.39. The molecule has 1 fully saturated rings. The van der Waals surface area contributed by atoms with Crippen LogP contribution in [0.4, 0.5) is 5.69 Å². The van der Waals surface area contributed by atoms with Crippen molar-refractivity contribution in [3.8, 4) is 0 Å². The normalized spacial score (nSPS) is 18.2. The Morgan fingerprint density at radius 1 is 1.13 bits per heavy atom. The monoisotopic (exact) mass is 334 g/mol. The van der Waals surface area contributed by atoms with E-state index in [1.807, 2.05) is 18.2 Å². The van der Waals surface area contributed by atoms with E-state index in [1.165, 1.54) is 17.7 Å². The first kappa shape index (κ1) is 17.4. The first-order chi connectivity index (χ1) is 10.7. The number of hydrogen-bond acceptors (Lipinski definition) is 4. The maximum atomic E-state index is 10.7. The van der Waals surface area contributed by atoms with Crippen LogP contribution >= 0.6 is 12.4 Å². The van der Waals surface area contributed by atoms with Gasteiger partial charge in [0.2, 0.25) is 0 Å². The highest BCUT2D eigenvalue weighted by Crippen LogP contribution is 2.25. The second-order valence-corrected chi connectivity index (χ2v) is 5.43. The Morgan fingerprint density at radius 2 is 1.83 bits per heavy atom. The van der Waals surface area contributed by atoms with E-state index in [1.54, 1.807) is 12.1 Å². The summed E-state index contributed by atoms with van der Waals surface area (Å²) in [6.45, 7) is 3.27. The average molecular weight is 335 g/mol. The molecule has 6 heteroatoms. The molecule has 0 aromatic heterocycles. The number of nitrogens with zero attached hydrogens (tertiary/aromatic N) is 2. The van der Waals surface area contributed by atoms with Gasteiger partial charge in [0.05, 0.1) is 17.6 Å². The quantitative estimate of drug-likeness (QED) is 0.633. The smallest absolute Gasteiger partial charge is 0.269 e. The second kappa shape index (κ2) is 8.06. The van der Waals surface area contributed by atoms with Crippen LogP contribution < -0.4 is 0 Å². The third kappa shape index (κ3) is 4.51. The molecule has 0 amide bonds. The molecule has 3 rings (SSSR count). The van der Waals surface area contributed by atoms with Crippen LogP contribution in [-0.2, 0) is 11.3 Å². The number of morpholine rings is 1. The Morgan fingerprint density at radius 3 is 2.48 bits per heavy atom. The van der Waals surface area contributed by atoms with Crippen LogP contribution in [0.25, 0.3) is 0 Å². The minimum atomic E-state index is -0.382. The number of benzene rings is 2. The van der Waals surface area contributed by atoms with Crippen LogP contribution in [0.3, 0.4) is 0 Å². The van der Waals surface area contributed by atoms with E-state index >= 15 is 0 Å². The number of nitro groups is 1. The molecule has 0 saturated carbocycles. The van der Waals surface area contributed by atoms with Crippen LogP contribution in [0.1, 0.15) is 17.2 Å². The molecular weight excluding hydrogens is 316 g/mol. The fourth-order valence-corrected chi connectivity index (χ4v) is 2.70. The van der Waals surface area contributed by atoms with Crippen molar-refractivity contribution in [3.63, 3.8) is 0 Å². The fourth-order valence-electron chi connectivity index (χ4n) is 2.70. The molecule has 2 aromatic carbocycles. The lowest BCUT2D eigenvalue weighted by molar-refractivity contribution is -0.384. The summed E-state index contributed by atoms with van der Waals surface area (Å²) in [5, 5.41) is 10.7. The third-order valence-electron chi connectivity index (χ3n) is 3.88. The lowest BCUT2D eigenvalue weighted by Gasteiger charge is -2.33. The summed E-state index contributed by atoms with van der Waals surface area (Å²) in [4.78, 5) is 12.7. The van der Waals surface area contributed by atoms with E-state index in [0.717, 1.165) is 25.2 Å². The van der Waals surface area contributed by atoms with Crippen molar-refractivity contribution in [2.45, 2.75) is 12.6 Å². The zero-order valence-corrected chi connectivity index (χ0v) is 13.4. The van der Waals surface area contributed by atoms with Gasteiger partial charge in [-0.15, -0.1) is 12.4 Å². The largest absolute Gasteiger partial charge is 0.371 e. The van der Waals surface area contributed by atoms with Gasteiger partial charge in [-0.2, -0.15) is 0 Å². The third-order valence-corrected chi connectivity index (χ3v) is 3.88. The minimum absolute atomic E-state index is 0. The number of halogens is 1. The first-order valence-electron chi connectivity index (χ1n) is 7.34. The number of nitro benzene ring substituents is 1. The molecule has 0 N–H and O–H groups in total. The molecular formula is C17H19ClN2O3. The van der Waals surface area contributed by atoms with Crippen LogP contribution in [0.15, 0.2) is 54.6 Å². The molecule has 2 aromatic rings. The molecule has 5 nitrogen and oxygen atoms in total. The summed E-state index contributed by atoms with van der Waals surface area (Å²) < 4.78 is 5.82. The molecule has 0 radical (unpaired) electrons. The van der Waals surface area contributed by atoms with Crippen molar-refractivity contribution < 1.29 is 9.66 Å². The number of ether oxygens (including phenoxy) is 1. The van der Waals surface area contributed by atoms with Crippen LogP contribution in [0, 0.1) is 10.1 Å². The van der Waals surface area contributed by atoms with Gasteiger partial charge in [0, 0.05) is 31.8 Å². The van der Waals surface area contributed by atoms with Crippen molar-refractivity contribution in [1.29, 1.82) is 0 Å². The predicted octanol–water partition coefficient (Wildman–Crippen LogP) is 3.59. The molecule has 1 aliphatic heterocycles. The lowest BCUT2D eigenvalue weighted by atomic mass is 10.1. The van der Waals surface area contributed by atoms with Gasteiger partial charge in [-0.05, 0) is 23.3 Å². The summed E-state index contributed by atoms with van der Waals surface area (Å²) in [6.07, 6.45) is -0.0294. The summed E-state index contributed by atoms with van der Waals surface area (Å²) >= 11 is 0. The second-order valence-electron chi connectivity index (χ2n) is 5.43. The topological polar surface area (TPSA) is 55.6 Å². The standard InChI is InChI=1S/C17H18N2O3.ClH/c20-19(21)16-8-6-15(7-9-16)17-13-18(10-11-22-17)12-14-4-2-1-3-5-14;/h1-9,17H,10-13H2;1H/t17-;/m1./s1. The van der Waals surface area contributed by atoms with Crippen LogP contribution in [0.2, 0.25) is 0 Å². The summed E-state index contributed by atoms with van der Waals surface area (Å²) in [5.74, 6) is 0. The van der Waals surface area contributed by atoms with Gasteiger partial charge in [0.25, 0.3) is 5.69 Å². The Balaban J connectivity index is 0.00000192. The number of rotatable bonds is 4. The summed E-state index contributed by atoms with van der Waals surface area (Å²) in [6, 6.07) is 17.0. The van der Waals surface area contributed by atoms with E-state index in [2.05, 4.69) is 17.0 Å². The van der Waals surface area contributed by atoms with Gasteiger partial charge in [0.1, 0.15) is 0 Å². The van der Waals surface area contributed by atoms with E-state index < -0.39 is 0 Å². The van der Waals surface area contributed by atoms with E-state index in [-0.39, 0.29) is 29.1 Å². The van der Waals surface area contributed by atoms with Gasteiger partial charge < -0.3 is 4.74 Å². The molecule has 23 heavy (non-hydrogen) atoms. The Hall–Kier alpha value is -1.95. The average Bonchev–Trinajstić information content (AvgIpc) is 2.56. The van der Waals surface area contributed by atoms with Gasteiger partial charge >= 0.3 is 0 Å². The predicted molar refractivity (Wildman–Crippen MR) is 90.8 cm³/mol. The van der Waals surface area contributed by atoms with E-state index in [4.69, 9.17) is 4.74 Å². The molecule has 122 valence electrons. The van der Waals surface area contributed by atoms with Crippen molar-refractivity contribution in [2.75, 3.05) is 19.7 Å². The van der Waals surface area contributed by atoms with Crippen molar-refractivity contribution >= 4 is 18.1 Å². The van der Waals surface area contributed by atoms with Crippen molar-refractivity contribution in [2.24, 2.45) is 0 Å². The Labute approximate surface area is 141 Å². The fraction of sp³-hybridized carbons (Fsp3) is 0.294. The van der Waals surface area contributed by atoms with E-state index in [0.29, 0.717) is 6.61 Å². The lowest BCUT2D eigenvalue weighted by Crippen LogP contribution is -2.37. The van der Waals surface area contributed by atoms with Gasteiger partial charge in [0.15, 0.2) is 0 Å². The minimum Gasteiger partial charge on any atom is -0.371 e. The highest BCUT2D eigenvalue weighted by molar-refractivity contribution is 5.85. The SMILES string of the molecule is Cl.O=[N+]([O-])c1ccc([C@H]2CN(Cc3ccccc3)CCO2)cc1. The van der Waals surface area contributed by atoms with E-state index in [9.17, 15) is 10.1 Å². The Bertz CT molecular complexity index is 634. The maximum absolute atomic E-state index is 10.7. The van der Waals surface area contributed by atoms with Crippen LogP contribution in [-0.4, -0.2) is 29.5 Å². The molecule has 0 aliphatic carbocycles. The van der Waals surface area contributed by atoms with Crippen molar-refractivity contribution in [3.05, 3.63) is 75.8 Å². The molecule has 1 heterocycles. The zero-order chi connectivity index (χ0) is 15.4. The van der Waals surface area contributed by atoms with Crippen LogP contribution in [0.5, 0.6) is 0 Å². The molecule has 1 aliphatic rings. The van der Waals surface area contributed by atoms with Crippen molar-refractivity contribution in [1.82, 2.24) is 4.90 Å². The highest BCUT2D eigenvalue weighted by atomic mass is 35.5. The first-order valence-corrected chi connectivity index (χ1v) is 7.34. The molecule has 0 spiro atoms. The summed E-state index contributed by atoms with van der Waals surface area (Å²) in [7, 11) is 0. The zero-order valence-electron chi connectivity index (χ0n) is 12.6. The highest BCUT2D eigenvalue weighted by Gasteiger charge is 2.22. The maximum Gasteiger partial charge on any atom is 0.269 e. The molecule has 1 atom stereocenters. The van der Waals surface area contributed by atoms with Gasteiger partial charge in [-0.25, -0.2) is 0 Å². The number of non-ortho nitro benzene ring substituents is 1. The molecule has 0 unspecified atom stereocenters. The number of hydrogen-bond donors (Lipinski definition) is 0. The Kier molecular flexibility index (Phi) is 6.10. The molecule has 1 saturated heterocycles. The van der Waals surface area contributed by atoms with Gasteiger partial charge in [-0.3, -0.25) is 15.0 Å². The van der Waals surface area contributed by atoms with Gasteiger partial charge in [-0.1, -0.05) is 30.3 Å². The molecule has 0 bridgehead atoms.